The lowest BCUT2D eigenvalue weighted by Crippen LogP contribution is -2.42. The fourth-order valence-corrected chi connectivity index (χ4v) is 2.66. The van der Waals surface area contributed by atoms with E-state index in [0.717, 1.165) is 40.7 Å². The first-order valence-electron chi connectivity index (χ1n) is 6.42. The van der Waals surface area contributed by atoms with Gasteiger partial charge in [0.15, 0.2) is 5.78 Å². The van der Waals surface area contributed by atoms with Crippen molar-refractivity contribution in [1.29, 1.82) is 0 Å². The van der Waals surface area contributed by atoms with Crippen LogP contribution >= 0.6 is 24.0 Å². The molecule has 1 aliphatic rings. The number of Topliss-reactive ketones (excluding diaryl/α,β-unsaturated/α-hetero) is 1. The molecule has 19 heavy (non-hydrogen) atoms. The number of rotatable bonds is 3. The third-order valence-corrected chi connectivity index (χ3v) is 3.48. The van der Waals surface area contributed by atoms with Crippen molar-refractivity contribution < 1.29 is 14.0 Å². The van der Waals surface area contributed by atoms with E-state index in [0.29, 0.717) is 5.78 Å². The molecule has 0 N–H and O–H groups in total. The Kier molecular flexibility index (Phi) is 5.38. The zero-order valence-corrected chi connectivity index (χ0v) is 14.4. The molecule has 1 atom stereocenters. The standard InChI is InChI=1S/C15H22NO2.HI/c1-16(2,3)10-12-6-5-11-9-13(18-4)7-8-14(11)15(12)17;/h7-9,12H,5-6,10H2,1-4H3;1H/q+1;. The van der Waals surface area contributed by atoms with Crippen molar-refractivity contribution in [3.05, 3.63) is 29.3 Å². The predicted octanol–water partition coefficient (Wildman–Crippen LogP) is 2.76. The van der Waals surface area contributed by atoms with Crippen molar-refractivity contribution in [3.8, 4) is 5.75 Å². The Morgan fingerprint density at radius 2 is 2.00 bits per heavy atom. The molecule has 106 valence electrons. The van der Waals surface area contributed by atoms with Gasteiger partial charge in [-0.3, -0.25) is 4.79 Å². The van der Waals surface area contributed by atoms with E-state index in [1.165, 1.54) is 0 Å². The maximum absolute atomic E-state index is 12.4. The molecule has 0 spiro atoms. The average Bonchev–Trinajstić information content (AvgIpc) is 2.31. The molecule has 0 bridgehead atoms. The van der Waals surface area contributed by atoms with E-state index in [1.54, 1.807) is 7.11 Å². The third kappa shape index (κ3) is 3.92. The highest BCUT2D eigenvalue weighted by Crippen LogP contribution is 2.29. The van der Waals surface area contributed by atoms with Crippen molar-refractivity contribution in [2.45, 2.75) is 12.8 Å². The molecule has 1 aromatic carbocycles. The molecule has 1 aromatic rings. The second-order valence-corrected chi connectivity index (χ2v) is 6.10. The molecule has 0 saturated heterocycles. The molecule has 0 aliphatic heterocycles. The zero-order valence-electron chi connectivity index (χ0n) is 12.1. The van der Waals surface area contributed by atoms with Crippen LogP contribution in [0, 0.1) is 5.92 Å². The fourth-order valence-electron chi connectivity index (χ4n) is 2.66. The second kappa shape index (κ2) is 6.22. The number of hydrogen-bond donors (Lipinski definition) is 0. The predicted molar refractivity (Wildman–Crippen MR) is 87.4 cm³/mol. The Morgan fingerprint density at radius 3 is 2.58 bits per heavy atom. The number of aryl methyl sites for hydroxylation is 1. The highest BCUT2D eigenvalue weighted by Gasteiger charge is 2.31. The molecule has 0 fully saturated rings. The number of fused-ring (bicyclic) bond motifs is 1. The molecule has 0 amide bonds. The van der Waals surface area contributed by atoms with Gasteiger partial charge in [-0.1, -0.05) is 0 Å². The first-order valence-corrected chi connectivity index (χ1v) is 6.42. The van der Waals surface area contributed by atoms with Crippen molar-refractivity contribution in [2.75, 3.05) is 34.8 Å². The molecule has 3 nitrogen and oxygen atoms in total. The normalized spacial score (nSPS) is 18.5. The quantitative estimate of drug-likeness (QED) is 0.599. The minimum atomic E-state index is 0. The van der Waals surface area contributed by atoms with Crippen LogP contribution in [0.3, 0.4) is 0 Å². The summed E-state index contributed by atoms with van der Waals surface area (Å²) in [6.07, 6.45) is 1.93. The summed E-state index contributed by atoms with van der Waals surface area (Å²) in [6, 6.07) is 5.79. The van der Waals surface area contributed by atoms with E-state index in [1.807, 2.05) is 18.2 Å². The van der Waals surface area contributed by atoms with Gasteiger partial charge in [0.1, 0.15) is 5.75 Å². The van der Waals surface area contributed by atoms with Gasteiger partial charge in [-0.15, -0.1) is 24.0 Å². The van der Waals surface area contributed by atoms with E-state index >= 15 is 0 Å². The number of benzene rings is 1. The smallest absolute Gasteiger partial charge is 0.171 e. The van der Waals surface area contributed by atoms with Crippen LogP contribution in [0.15, 0.2) is 18.2 Å². The van der Waals surface area contributed by atoms with Gasteiger partial charge >= 0.3 is 0 Å². The third-order valence-electron chi connectivity index (χ3n) is 3.48. The zero-order chi connectivity index (χ0) is 13.3. The number of hydrogen-bond acceptors (Lipinski definition) is 2. The van der Waals surface area contributed by atoms with Gasteiger partial charge in [-0.25, -0.2) is 0 Å². The van der Waals surface area contributed by atoms with E-state index < -0.39 is 0 Å². The summed E-state index contributed by atoms with van der Waals surface area (Å²) in [5.74, 6) is 1.30. The van der Waals surface area contributed by atoms with Crippen LogP contribution in [-0.4, -0.2) is 45.1 Å². The molecule has 0 aromatic heterocycles. The molecule has 0 heterocycles. The second-order valence-electron chi connectivity index (χ2n) is 6.10. The fraction of sp³-hybridized carbons (Fsp3) is 0.533. The summed E-state index contributed by atoms with van der Waals surface area (Å²) in [5, 5.41) is 0. The number of quaternary nitrogens is 1. The Balaban J connectivity index is 0.00000180. The summed E-state index contributed by atoms with van der Waals surface area (Å²) in [5.41, 5.74) is 2.03. The summed E-state index contributed by atoms with van der Waals surface area (Å²) in [4.78, 5) is 12.4. The van der Waals surface area contributed by atoms with E-state index in [-0.39, 0.29) is 29.9 Å². The monoisotopic (exact) mass is 376 g/mol. The summed E-state index contributed by atoms with van der Waals surface area (Å²) in [6.45, 7) is 0.907. The minimum Gasteiger partial charge on any atom is -0.497 e. The Bertz CT molecular complexity index is 466. The first-order chi connectivity index (χ1) is 8.40. The van der Waals surface area contributed by atoms with E-state index in [9.17, 15) is 4.79 Å². The van der Waals surface area contributed by atoms with Crippen molar-refractivity contribution >= 4 is 29.8 Å². The Hall–Kier alpha value is -0.620. The maximum atomic E-state index is 12.4. The Labute approximate surface area is 132 Å². The van der Waals surface area contributed by atoms with Crippen LogP contribution in [0.5, 0.6) is 5.75 Å². The SMILES string of the molecule is COc1ccc2c(c1)CCC(C[N+](C)(C)C)C2=O.I. The lowest BCUT2D eigenvalue weighted by Gasteiger charge is -2.31. The largest absolute Gasteiger partial charge is 0.497 e. The molecule has 4 heteroatoms. The van der Waals surface area contributed by atoms with Gasteiger partial charge in [-0.05, 0) is 36.6 Å². The molecule has 0 radical (unpaired) electrons. The van der Waals surface area contributed by atoms with Crippen LogP contribution in [0.1, 0.15) is 22.3 Å². The molecular formula is C15H23INO2+. The number of ketones is 1. The van der Waals surface area contributed by atoms with Gasteiger partial charge in [0.25, 0.3) is 0 Å². The molecule has 1 unspecified atom stereocenters. The van der Waals surface area contributed by atoms with Crippen molar-refractivity contribution in [2.24, 2.45) is 5.92 Å². The average molecular weight is 376 g/mol. The number of carbonyl (C=O) groups excluding carboxylic acids is 1. The summed E-state index contributed by atoms with van der Waals surface area (Å²) in [7, 11) is 8.07. The van der Waals surface area contributed by atoms with Gasteiger partial charge < -0.3 is 9.22 Å². The van der Waals surface area contributed by atoms with Crippen LogP contribution in [-0.2, 0) is 6.42 Å². The number of ether oxygens (including phenoxy) is 1. The lowest BCUT2D eigenvalue weighted by molar-refractivity contribution is -0.872. The maximum Gasteiger partial charge on any atom is 0.171 e. The van der Waals surface area contributed by atoms with Crippen molar-refractivity contribution in [1.82, 2.24) is 0 Å². The lowest BCUT2D eigenvalue weighted by atomic mass is 9.82. The van der Waals surface area contributed by atoms with Crippen LogP contribution in [0.4, 0.5) is 0 Å². The Morgan fingerprint density at radius 1 is 1.32 bits per heavy atom. The molecular weight excluding hydrogens is 353 g/mol. The summed E-state index contributed by atoms with van der Waals surface area (Å²) >= 11 is 0. The number of nitrogens with zero attached hydrogens (tertiary/aromatic N) is 1. The van der Waals surface area contributed by atoms with E-state index in [2.05, 4.69) is 21.1 Å². The molecule has 0 saturated carbocycles. The van der Waals surface area contributed by atoms with Gasteiger partial charge in [0.2, 0.25) is 0 Å². The van der Waals surface area contributed by atoms with Crippen LogP contribution in [0.25, 0.3) is 0 Å². The highest BCUT2D eigenvalue weighted by atomic mass is 127. The summed E-state index contributed by atoms with van der Waals surface area (Å²) < 4.78 is 6.04. The number of methoxy groups -OCH3 is 1. The van der Waals surface area contributed by atoms with Crippen LogP contribution < -0.4 is 4.74 Å². The van der Waals surface area contributed by atoms with Crippen LogP contribution in [0.2, 0.25) is 0 Å². The van der Waals surface area contributed by atoms with Gasteiger partial charge in [-0.2, -0.15) is 0 Å². The topological polar surface area (TPSA) is 26.3 Å². The molecule has 1 aliphatic carbocycles. The number of halogens is 1. The highest BCUT2D eigenvalue weighted by molar-refractivity contribution is 14.0. The van der Waals surface area contributed by atoms with E-state index in [4.69, 9.17) is 4.74 Å². The van der Waals surface area contributed by atoms with Gasteiger partial charge in [0.05, 0.1) is 40.7 Å². The molecule has 2 rings (SSSR count). The minimum absolute atomic E-state index is 0. The van der Waals surface area contributed by atoms with Gasteiger partial charge in [0, 0.05) is 5.56 Å². The number of carbonyl (C=O) groups is 1. The van der Waals surface area contributed by atoms with Crippen molar-refractivity contribution in [3.63, 3.8) is 0 Å². The first kappa shape index (κ1) is 16.4.